The average Bonchev–Trinajstić information content (AvgIpc) is 2.97. The number of thiazole rings is 1. The van der Waals surface area contributed by atoms with Crippen molar-refractivity contribution >= 4 is 11.3 Å². The number of phenols is 1. The quantitative estimate of drug-likeness (QED) is 0.703. The minimum Gasteiger partial charge on any atom is -0.508 e. The molecule has 0 radical (unpaired) electrons. The number of benzene rings is 2. The highest BCUT2D eigenvalue weighted by atomic mass is 32.1. The van der Waals surface area contributed by atoms with E-state index in [4.69, 9.17) is 0 Å². The molecule has 112 valence electrons. The lowest BCUT2D eigenvalue weighted by atomic mass is 10.1. The standard InChI is InChI=1S/C16H10F3NOS/c17-16(18,19)12-5-1-10(2-6-12)14-9-22-15(20-14)11-3-7-13(21)8-4-11/h1-9,21H. The van der Waals surface area contributed by atoms with E-state index >= 15 is 0 Å². The van der Waals surface area contributed by atoms with Crippen LogP contribution in [0.15, 0.2) is 53.9 Å². The molecule has 6 heteroatoms. The van der Waals surface area contributed by atoms with E-state index in [1.54, 1.807) is 29.6 Å². The van der Waals surface area contributed by atoms with Crippen LogP contribution in [0, 0.1) is 0 Å². The van der Waals surface area contributed by atoms with Crippen molar-refractivity contribution in [2.75, 3.05) is 0 Å². The molecule has 0 spiro atoms. The maximum atomic E-state index is 12.5. The largest absolute Gasteiger partial charge is 0.508 e. The van der Waals surface area contributed by atoms with Gasteiger partial charge in [-0.25, -0.2) is 4.98 Å². The summed E-state index contributed by atoms with van der Waals surface area (Å²) in [5, 5.41) is 11.8. The molecule has 0 unspecified atom stereocenters. The monoisotopic (exact) mass is 321 g/mol. The van der Waals surface area contributed by atoms with E-state index in [1.807, 2.05) is 0 Å². The molecule has 2 aromatic carbocycles. The zero-order valence-electron chi connectivity index (χ0n) is 11.1. The van der Waals surface area contributed by atoms with Gasteiger partial charge in [0.1, 0.15) is 10.8 Å². The van der Waals surface area contributed by atoms with Gasteiger partial charge in [-0.1, -0.05) is 12.1 Å². The molecule has 0 aliphatic heterocycles. The first-order valence-corrected chi connectivity index (χ1v) is 7.24. The van der Waals surface area contributed by atoms with Crippen LogP contribution in [0.4, 0.5) is 13.2 Å². The number of halogens is 3. The van der Waals surface area contributed by atoms with Crippen molar-refractivity contribution in [3.8, 4) is 27.6 Å². The first kappa shape index (κ1) is 14.6. The predicted molar refractivity (Wildman–Crippen MR) is 79.7 cm³/mol. The Morgan fingerprint density at radius 2 is 1.45 bits per heavy atom. The second kappa shape index (κ2) is 5.46. The fraction of sp³-hybridized carbons (Fsp3) is 0.0625. The highest BCUT2D eigenvalue weighted by Crippen LogP contribution is 2.33. The molecule has 0 saturated carbocycles. The molecule has 0 aliphatic rings. The van der Waals surface area contributed by atoms with Crippen molar-refractivity contribution in [3.05, 3.63) is 59.5 Å². The average molecular weight is 321 g/mol. The van der Waals surface area contributed by atoms with E-state index in [2.05, 4.69) is 4.98 Å². The maximum absolute atomic E-state index is 12.5. The Kier molecular flexibility index (Phi) is 3.62. The van der Waals surface area contributed by atoms with E-state index in [1.165, 1.54) is 23.5 Å². The van der Waals surface area contributed by atoms with Gasteiger partial charge in [-0.3, -0.25) is 0 Å². The fourth-order valence-electron chi connectivity index (χ4n) is 1.97. The molecule has 0 saturated heterocycles. The molecule has 1 N–H and O–H groups in total. The topological polar surface area (TPSA) is 33.1 Å². The molecule has 0 fully saturated rings. The van der Waals surface area contributed by atoms with Crippen molar-refractivity contribution in [2.24, 2.45) is 0 Å². The van der Waals surface area contributed by atoms with Crippen LogP contribution in [-0.4, -0.2) is 10.1 Å². The number of aromatic nitrogens is 1. The van der Waals surface area contributed by atoms with Gasteiger partial charge in [-0.2, -0.15) is 13.2 Å². The van der Waals surface area contributed by atoms with Crippen LogP contribution in [0.25, 0.3) is 21.8 Å². The van der Waals surface area contributed by atoms with Crippen molar-refractivity contribution in [3.63, 3.8) is 0 Å². The molecule has 1 heterocycles. The highest BCUT2D eigenvalue weighted by molar-refractivity contribution is 7.13. The highest BCUT2D eigenvalue weighted by Gasteiger charge is 2.30. The zero-order chi connectivity index (χ0) is 15.7. The minimum absolute atomic E-state index is 0.170. The third kappa shape index (κ3) is 2.96. The van der Waals surface area contributed by atoms with Crippen molar-refractivity contribution in [1.29, 1.82) is 0 Å². The lowest BCUT2D eigenvalue weighted by Crippen LogP contribution is -2.03. The van der Waals surface area contributed by atoms with Crippen LogP contribution < -0.4 is 0 Å². The minimum atomic E-state index is -4.34. The zero-order valence-corrected chi connectivity index (χ0v) is 11.9. The summed E-state index contributed by atoms with van der Waals surface area (Å²) in [6, 6.07) is 11.5. The van der Waals surface area contributed by atoms with Gasteiger partial charge in [0.15, 0.2) is 0 Å². The van der Waals surface area contributed by atoms with E-state index in [-0.39, 0.29) is 5.75 Å². The number of hydrogen-bond donors (Lipinski definition) is 1. The SMILES string of the molecule is Oc1ccc(-c2nc(-c3ccc(C(F)(F)F)cc3)cs2)cc1. The van der Waals surface area contributed by atoms with Gasteiger partial charge in [0.25, 0.3) is 0 Å². The number of rotatable bonds is 2. The molecular formula is C16H10F3NOS. The van der Waals surface area contributed by atoms with E-state index < -0.39 is 11.7 Å². The number of phenolic OH excluding ortho intramolecular Hbond substituents is 1. The van der Waals surface area contributed by atoms with Crippen molar-refractivity contribution < 1.29 is 18.3 Å². The molecule has 0 bridgehead atoms. The summed E-state index contributed by atoms with van der Waals surface area (Å²) in [6.45, 7) is 0. The van der Waals surface area contributed by atoms with E-state index in [0.29, 0.717) is 11.3 Å². The van der Waals surface area contributed by atoms with Gasteiger partial charge in [-0.15, -0.1) is 11.3 Å². The number of hydrogen-bond acceptors (Lipinski definition) is 3. The van der Waals surface area contributed by atoms with E-state index in [9.17, 15) is 18.3 Å². The summed E-state index contributed by atoms with van der Waals surface area (Å²) in [7, 11) is 0. The molecule has 0 aliphatic carbocycles. The Morgan fingerprint density at radius 3 is 2.05 bits per heavy atom. The predicted octanol–water partition coefficient (Wildman–Crippen LogP) is 5.20. The van der Waals surface area contributed by atoms with Crippen LogP contribution in [0.3, 0.4) is 0 Å². The van der Waals surface area contributed by atoms with Crippen LogP contribution >= 0.6 is 11.3 Å². The first-order chi connectivity index (χ1) is 10.4. The van der Waals surface area contributed by atoms with Crippen LogP contribution in [0.1, 0.15) is 5.56 Å². The van der Waals surface area contributed by atoms with E-state index in [0.717, 1.165) is 22.7 Å². The Morgan fingerprint density at radius 1 is 0.864 bits per heavy atom. The summed E-state index contributed by atoms with van der Waals surface area (Å²) >= 11 is 1.40. The van der Waals surface area contributed by atoms with Gasteiger partial charge >= 0.3 is 6.18 Å². The van der Waals surface area contributed by atoms with Crippen molar-refractivity contribution in [1.82, 2.24) is 4.98 Å². The normalized spacial score (nSPS) is 11.6. The lowest BCUT2D eigenvalue weighted by molar-refractivity contribution is -0.137. The Labute approximate surface area is 128 Å². The molecule has 3 aromatic rings. The Hall–Kier alpha value is -2.34. The molecular weight excluding hydrogens is 311 g/mol. The van der Waals surface area contributed by atoms with Gasteiger partial charge < -0.3 is 5.11 Å². The number of nitrogens with zero attached hydrogens (tertiary/aromatic N) is 1. The maximum Gasteiger partial charge on any atom is 0.416 e. The smallest absolute Gasteiger partial charge is 0.416 e. The number of aromatic hydroxyl groups is 1. The Balaban J connectivity index is 1.89. The van der Waals surface area contributed by atoms with Gasteiger partial charge in [0, 0.05) is 16.5 Å². The molecule has 2 nitrogen and oxygen atoms in total. The van der Waals surface area contributed by atoms with Crippen LogP contribution in [0.2, 0.25) is 0 Å². The van der Waals surface area contributed by atoms with Crippen LogP contribution in [0.5, 0.6) is 5.75 Å². The van der Waals surface area contributed by atoms with Crippen LogP contribution in [-0.2, 0) is 6.18 Å². The van der Waals surface area contributed by atoms with Gasteiger partial charge in [0.2, 0.25) is 0 Å². The molecule has 22 heavy (non-hydrogen) atoms. The molecule has 1 aromatic heterocycles. The third-order valence-corrected chi connectivity index (χ3v) is 4.02. The summed E-state index contributed by atoms with van der Waals surface area (Å²) in [4.78, 5) is 4.43. The summed E-state index contributed by atoms with van der Waals surface area (Å²) in [5.41, 5.74) is 1.43. The molecule has 0 atom stereocenters. The summed E-state index contributed by atoms with van der Waals surface area (Å²) < 4.78 is 37.6. The molecule has 0 amide bonds. The summed E-state index contributed by atoms with van der Waals surface area (Å²) in [5.74, 6) is 0.170. The number of alkyl halides is 3. The second-order valence-corrected chi connectivity index (χ2v) is 5.52. The summed E-state index contributed by atoms with van der Waals surface area (Å²) in [6.07, 6.45) is -4.34. The first-order valence-electron chi connectivity index (χ1n) is 6.36. The molecule has 3 rings (SSSR count). The van der Waals surface area contributed by atoms with Crippen molar-refractivity contribution in [2.45, 2.75) is 6.18 Å². The Bertz CT molecular complexity index is 776. The van der Waals surface area contributed by atoms with Gasteiger partial charge in [0.05, 0.1) is 11.3 Å². The second-order valence-electron chi connectivity index (χ2n) is 4.66. The lowest BCUT2D eigenvalue weighted by Gasteiger charge is -2.06. The fourth-order valence-corrected chi connectivity index (χ4v) is 2.81. The third-order valence-electron chi connectivity index (χ3n) is 3.13. The van der Waals surface area contributed by atoms with Gasteiger partial charge in [-0.05, 0) is 36.4 Å².